The second kappa shape index (κ2) is 9.11. The third kappa shape index (κ3) is 4.13. The minimum atomic E-state index is -2.67. The Bertz CT molecular complexity index is 1590. The van der Waals surface area contributed by atoms with Gasteiger partial charge in [-0.05, 0) is 74.6 Å². The average molecular weight is 549 g/mol. The van der Waals surface area contributed by atoms with E-state index < -0.39 is 10.6 Å². The fourth-order valence-corrected chi connectivity index (χ4v) is 8.32. The zero-order chi connectivity index (χ0) is 26.9. The Hall–Kier alpha value is -3.34. The van der Waals surface area contributed by atoms with E-state index in [4.69, 9.17) is 14.2 Å². The van der Waals surface area contributed by atoms with Crippen molar-refractivity contribution in [3.8, 4) is 16.9 Å². The molecule has 0 radical (unpaired) electrons. The van der Waals surface area contributed by atoms with Crippen molar-refractivity contribution in [2.75, 3.05) is 23.0 Å². The van der Waals surface area contributed by atoms with Crippen LogP contribution in [0.3, 0.4) is 0 Å². The van der Waals surface area contributed by atoms with Crippen LogP contribution in [0.25, 0.3) is 22.2 Å². The van der Waals surface area contributed by atoms with E-state index in [0.717, 1.165) is 75.7 Å². The Morgan fingerprint density at radius 2 is 1.95 bits per heavy atom. The second-order valence-corrected chi connectivity index (χ2v) is 13.3. The molecule has 0 bridgehead atoms. The highest BCUT2D eigenvalue weighted by Gasteiger charge is 2.39. The summed E-state index contributed by atoms with van der Waals surface area (Å²) in [6.45, 7) is 4.49. The van der Waals surface area contributed by atoms with Gasteiger partial charge < -0.3 is 18.7 Å². The van der Waals surface area contributed by atoms with E-state index in [1.807, 2.05) is 30.9 Å². The highest BCUT2D eigenvalue weighted by atomic mass is 32.3. The molecule has 2 aromatic heterocycles. The number of fused-ring (bicyclic) bond motifs is 2. The number of aromatic nitrogens is 3. The summed E-state index contributed by atoms with van der Waals surface area (Å²) in [6.07, 6.45) is 3.48. The molecule has 9 nitrogen and oxygen atoms in total. The van der Waals surface area contributed by atoms with E-state index in [1.54, 1.807) is 0 Å². The van der Waals surface area contributed by atoms with Crippen molar-refractivity contribution in [1.29, 1.82) is 0 Å². The number of amides is 1. The van der Waals surface area contributed by atoms with Crippen molar-refractivity contribution in [2.24, 2.45) is 0 Å². The van der Waals surface area contributed by atoms with Crippen molar-refractivity contribution in [1.82, 2.24) is 14.7 Å². The topological polar surface area (TPSA) is 114 Å². The van der Waals surface area contributed by atoms with Crippen LogP contribution in [0, 0.1) is 13.8 Å². The highest BCUT2D eigenvalue weighted by Crippen LogP contribution is 2.50. The monoisotopic (exact) mass is 548 g/mol. The molecule has 2 aromatic carbocycles. The Balaban J connectivity index is 1.38. The maximum absolute atomic E-state index is 13.3. The Kier molecular flexibility index (Phi) is 5.76. The quantitative estimate of drug-likeness (QED) is 0.312. The van der Waals surface area contributed by atoms with Gasteiger partial charge in [-0.3, -0.25) is 13.9 Å². The summed E-state index contributed by atoms with van der Waals surface area (Å²) < 4.78 is 34.6. The number of hydrogen-bond donors (Lipinski definition) is 2. The molecular formula is C29H32N4O5S. The molecule has 4 aromatic rings. The molecule has 10 heteroatoms. The van der Waals surface area contributed by atoms with Gasteiger partial charge in [0.25, 0.3) is 0 Å². The van der Waals surface area contributed by atoms with Crippen LogP contribution < -0.4 is 9.64 Å². The molecule has 7 rings (SSSR count). The van der Waals surface area contributed by atoms with Gasteiger partial charge in [0.1, 0.15) is 17.3 Å². The SMILES string of the molecule is Cc1noc(C)c1-c1ccc2c(c1)nc([C@@H]1CCC(=O)N1c1ccc3c(c1)CCO3)n2C1CCCS(O)(O)C1. The number of rotatable bonds is 4. The molecule has 1 amide bonds. The van der Waals surface area contributed by atoms with Crippen LogP contribution in [0.15, 0.2) is 40.9 Å². The molecular weight excluding hydrogens is 516 g/mol. The summed E-state index contributed by atoms with van der Waals surface area (Å²) >= 11 is 0. The minimum Gasteiger partial charge on any atom is -0.493 e. The Labute approximate surface area is 228 Å². The summed E-state index contributed by atoms with van der Waals surface area (Å²) in [4.78, 5) is 20.4. The van der Waals surface area contributed by atoms with Crippen LogP contribution in [0.1, 0.15) is 60.6 Å². The van der Waals surface area contributed by atoms with Crippen LogP contribution in [0.4, 0.5) is 5.69 Å². The third-order valence-corrected chi connectivity index (χ3v) is 10.2. The molecule has 5 heterocycles. The van der Waals surface area contributed by atoms with E-state index in [2.05, 4.69) is 34.0 Å². The predicted octanol–water partition coefficient (Wildman–Crippen LogP) is 6.20. The van der Waals surface area contributed by atoms with Gasteiger partial charge >= 0.3 is 0 Å². The number of carbonyl (C=O) groups excluding carboxylic acids is 1. The van der Waals surface area contributed by atoms with Crippen molar-refractivity contribution in [2.45, 2.75) is 58.0 Å². The number of benzene rings is 2. The van der Waals surface area contributed by atoms with Gasteiger partial charge in [0.15, 0.2) is 0 Å². The lowest BCUT2D eigenvalue weighted by molar-refractivity contribution is -0.117. The highest BCUT2D eigenvalue weighted by molar-refractivity contribution is 8.24. The zero-order valence-electron chi connectivity index (χ0n) is 22.1. The van der Waals surface area contributed by atoms with Crippen molar-refractivity contribution >= 4 is 33.2 Å². The Morgan fingerprint density at radius 3 is 2.74 bits per heavy atom. The van der Waals surface area contributed by atoms with Gasteiger partial charge in [-0.25, -0.2) is 4.98 Å². The van der Waals surface area contributed by atoms with Gasteiger partial charge in [0.05, 0.1) is 41.2 Å². The normalized spacial score (nSPS) is 23.3. The number of aryl methyl sites for hydroxylation is 2. The first kappa shape index (κ1) is 24.7. The minimum absolute atomic E-state index is 0.0711. The van der Waals surface area contributed by atoms with Crippen molar-refractivity contribution in [3.05, 3.63) is 59.2 Å². The van der Waals surface area contributed by atoms with E-state index in [0.29, 0.717) is 31.0 Å². The van der Waals surface area contributed by atoms with E-state index in [9.17, 15) is 13.9 Å². The summed E-state index contributed by atoms with van der Waals surface area (Å²) in [6, 6.07) is 11.8. The summed E-state index contributed by atoms with van der Waals surface area (Å²) in [5, 5.41) is 4.12. The van der Waals surface area contributed by atoms with Crippen LogP contribution in [0.2, 0.25) is 0 Å². The van der Waals surface area contributed by atoms with Crippen molar-refractivity contribution < 1.29 is 23.2 Å². The number of nitrogens with zero attached hydrogens (tertiary/aromatic N) is 4. The van der Waals surface area contributed by atoms with Gasteiger partial charge in [-0.15, -0.1) is 0 Å². The lowest BCUT2D eigenvalue weighted by Crippen LogP contribution is -2.32. The zero-order valence-corrected chi connectivity index (χ0v) is 22.9. The second-order valence-electron chi connectivity index (χ2n) is 10.9. The van der Waals surface area contributed by atoms with Crippen LogP contribution in [0.5, 0.6) is 5.75 Å². The average Bonchev–Trinajstić information content (AvgIpc) is 3.67. The largest absolute Gasteiger partial charge is 0.493 e. The number of carbonyl (C=O) groups is 1. The number of hydrogen-bond acceptors (Lipinski definition) is 7. The molecule has 204 valence electrons. The van der Waals surface area contributed by atoms with E-state index >= 15 is 0 Å². The molecule has 2 N–H and O–H groups in total. The number of ether oxygens (including phenoxy) is 1. The van der Waals surface area contributed by atoms with Gasteiger partial charge in [-0.2, -0.15) is 10.6 Å². The summed E-state index contributed by atoms with van der Waals surface area (Å²) in [5.74, 6) is 3.24. The molecule has 39 heavy (non-hydrogen) atoms. The fraction of sp³-hybridized carbons (Fsp3) is 0.414. The molecule has 2 fully saturated rings. The van der Waals surface area contributed by atoms with Gasteiger partial charge in [0, 0.05) is 29.8 Å². The van der Waals surface area contributed by atoms with Gasteiger partial charge in [0.2, 0.25) is 5.91 Å². The fourth-order valence-electron chi connectivity index (χ4n) is 6.59. The van der Waals surface area contributed by atoms with E-state index in [-0.39, 0.29) is 18.0 Å². The molecule has 3 aliphatic heterocycles. The third-order valence-electron chi connectivity index (χ3n) is 8.33. The Morgan fingerprint density at radius 1 is 1.08 bits per heavy atom. The molecule has 1 unspecified atom stereocenters. The lowest BCUT2D eigenvalue weighted by Gasteiger charge is -2.41. The first-order chi connectivity index (χ1) is 18.8. The first-order valence-corrected chi connectivity index (χ1v) is 15.4. The molecule has 2 saturated heterocycles. The first-order valence-electron chi connectivity index (χ1n) is 13.6. The van der Waals surface area contributed by atoms with Crippen molar-refractivity contribution in [3.63, 3.8) is 0 Å². The van der Waals surface area contributed by atoms with Crippen LogP contribution in [-0.2, 0) is 11.2 Å². The number of anilines is 1. The summed E-state index contributed by atoms with van der Waals surface area (Å²) in [7, 11) is -2.67. The maximum Gasteiger partial charge on any atom is 0.227 e. The molecule has 2 atom stereocenters. The molecule has 0 spiro atoms. The maximum atomic E-state index is 13.3. The molecule has 0 aliphatic carbocycles. The smallest absolute Gasteiger partial charge is 0.227 e. The standard InChI is InChI=1S/C29H32N4O5S/c1-17-28(18(2)38-31-17)20-5-7-24-23(15-20)30-29(33(24)22-4-3-13-39(35,36)16-22)25-8-10-27(34)32(25)21-6-9-26-19(14-21)11-12-37-26/h5-7,9,14-15,22,25,35-36H,3-4,8,10-13,16H2,1-2H3/t22?,25-/m0/s1. The molecule has 0 saturated carbocycles. The van der Waals surface area contributed by atoms with Gasteiger partial charge in [-0.1, -0.05) is 11.2 Å². The predicted molar refractivity (Wildman–Crippen MR) is 151 cm³/mol. The lowest BCUT2D eigenvalue weighted by atomic mass is 10.0. The number of imidazole rings is 1. The van der Waals surface area contributed by atoms with Crippen LogP contribution >= 0.6 is 10.6 Å². The molecule has 3 aliphatic rings. The van der Waals surface area contributed by atoms with E-state index in [1.165, 1.54) is 0 Å². The summed E-state index contributed by atoms with van der Waals surface area (Å²) in [5.41, 5.74) is 6.47. The van der Waals surface area contributed by atoms with Crippen LogP contribution in [-0.4, -0.2) is 47.8 Å².